The summed E-state index contributed by atoms with van der Waals surface area (Å²) in [6.45, 7) is 4.75. The molecule has 24 heavy (non-hydrogen) atoms. The number of nitrogens with zero attached hydrogens (tertiary/aromatic N) is 2. The van der Waals surface area contributed by atoms with Gasteiger partial charge in [-0.1, -0.05) is 19.0 Å². The minimum atomic E-state index is -2.90. The van der Waals surface area contributed by atoms with E-state index >= 15 is 0 Å². The van der Waals surface area contributed by atoms with E-state index in [0.717, 1.165) is 24.3 Å². The van der Waals surface area contributed by atoms with E-state index in [-0.39, 0.29) is 41.5 Å². The van der Waals surface area contributed by atoms with Crippen LogP contribution in [0.1, 0.15) is 50.5 Å². The smallest absolute Gasteiger partial charge is 0.191 e. The lowest BCUT2D eigenvalue weighted by atomic mass is 9.99. The van der Waals surface area contributed by atoms with Gasteiger partial charge >= 0.3 is 0 Å². The van der Waals surface area contributed by atoms with Crippen molar-refractivity contribution in [2.75, 3.05) is 18.6 Å². The summed E-state index contributed by atoms with van der Waals surface area (Å²) in [6, 6.07) is 1.89. The molecule has 7 nitrogen and oxygen atoms in total. The van der Waals surface area contributed by atoms with Crippen molar-refractivity contribution >= 4 is 39.8 Å². The molecular weight excluding hydrogens is 443 g/mol. The van der Waals surface area contributed by atoms with Crippen LogP contribution >= 0.6 is 24.0 Å². The Hall–Kier alpha value is -0.840. The molecule has 2 heterocycles. The van der Waals surface area contributed by atoms with Crippen LogP contribution in [0.2, 0.25) is 0 Å². The van der Waals surface area contributed by atoms with E-state index in [0.29, 0.717) is 24.8 Å². The van der Waals surface area contributed by atoms with E-state index in [2.05, 4.69) is 34.6 Å². The largest absolute Gasteiger partial charge is 0.359 e. The third kappa shape index (κ3) is 5.91. The highest BCUT2D eigenvalue weighted by atomic mass is 127. The van der Waals surface area contributed by atoms with Crippen molar-refractivity contribution in [2.45, 2.75) is 51.6 Å². The topological polar surface area (TPSA) is 96.6 Å². The van der Waals surface area contributed by atoms with Crippen LogP contribution in [0.15, 0.2) is 15.6 Å². The standard InChI is InChI=1S/C15H26N4O3S.HI/c1-4-11(5-2)14-8-13(22-19-14)9-17-15(16-3)18-12-6-7-23(20,21)10-12;/h8,11-12H,4-7,9-10H2,1-3H3,(H2,16,17,18);1H. The van der Waals surface area contributed by atoms with Crippen molar-refractivity contribution in [3.63, 3.8) is 0 Å². The Labute approximate surface area is 161 Å². The quantitative estimate of drug-likeness (QED) is 0.376. The number of rotatable bonds is 6. The van der Waals surface area contributed by atoms with Gasteiger partial charge in [0, 0.05) is 25.1 Å². The van der Waals surface area contributed by atoms with Gasteiger partial charge in [0.25, 0.3) is 0 Å². The molecule has 1 aliphatic heterocycles. The molecule has 1 saturated heterocycles. The minimum absolute atomic E-state index is 0. The van der Waals surface area contributed by atoms with Gasteiger partial charge in [0.05, 0.1) is 23.7 Å². The number of halogens is 1. The number of sulfone groups is 1. The molecule has 1 aliphatic rings. The maximum atomic E-state index is 11.5. The van der Waals surface area contributed by atoms with Gasteiger partial charge < -0.3 is 15.2 Å². The van der Waals surface area contributed by atoms with Crippen molar-refractivity contribution in [2.24, 2.45) is 4.99 Å². The van der Waals surface area contributed by atoms with E-state index in [1.54, 1.807) is 7.05 Å². The number of hydrogen-bond acceptors (Lipinski definition) is 5. The van der Waals surface area contributed by atoms with E-state index in [1.165, 1.54) is 0 Å². The van der Waals surface area contributed by atoms with Crippen LogP contribution in [0, 0.1) is 0 Å². The maximum absolute atomic E-state index is 11.5. The molecule has 0 spiro atoms. The Morgan fingerprint density at radius 2 is 2.17 bits per heavy atom. The first kappa shape index (κ1) is 21.2. The van der Waals surface area contributed by atoms with Crippen LogP contribution in [0.5, 0.6) is 0 Å². The van der Waals surface area contributed by atoms with Gasteiger partial charge in [-0.05, 0) is 19.3 Å². The molecule has 0 aliphatic carbocycles. The number of nitrogens with one attached hydrogen (secondary N) is 2. The Morgan fingerprint density at radius 1 is 1.46 bits per heavy atom. The summed E-state index contributed by atoms with van der Waals surface area (Å²) < 4.78 is 28.3. The number of guanidine groups is 1. The van der Waals surface area contributed by atoms with Gasteiger partial charge in [0.15, 0.2) is 21.6 Å². The molecule has 138 valence electrons. The fourth-order valence-electron chi connectivity index (χ4n) is 2.78. The summed E-state index contributed by atoms with van der Waals surface area (Å²) in [6.07, 6.45) is 2.69. The van der Waals surface area contributed by atoms with Crippen molar-refractivity contribution in [1.82, 2.24) is 15.8 Å². The summed E-state index contributed by atoms with van der Waals surface area (Å²) in [7, 11) is -1.24. The highest BCUT2D eigenvalue weighted by molar-refractivity contribution is 14.0. The van der Waals surface area contributed by atoms with Crippen molar-refractivity contribution in [3.8, 4) is 0 Å². The van der Waals surface area contributed by atoms with Crippen molar-refractivity contribution in [3.05, 3.63) is 17.5 Å². The molecule has 1 aromatic heterocycles. The first-order valence-electron chi connectivity index (χ1n) is 8.10. The zero-order valence-corrected chi connectivity index (χ0v) is 17.6. The molecule has 2 rings (SSSR count). The zero-order valence-electron chi connectivity index (χ0n) is 14.4. The van der Waals surface area contributed by atoms with E-state index in [1.807, 2.05) is 6.07 Å². The summed E-state index contributed by atoms with van der Waals surface area (Å²) in [5, 5.41) is 10.4. The molecule has 0 radical (unpaired) electrons. The van der Waals surface area contributed by atoms with Gasteiger partial charge in [-0.15, -0.1) is 24.0 Å². The van der Waals surface area contributed by atoms with Gasteiger partial charge in [-0.25, -0.2) is 8.42 Å². The predicted octanol–water partition coefficient (Wildman–Crippen LogP) is 2.05. The Bertz CT molecular complexity index is 641. The fraction of sp³-hybridized carbons (Fsp3) is 0.733. The second kappa shape index (κ2) is 9.59. The second-order valence-corrected chi connectivity index (χ2v) is 8.13. The molecule has 1 fully saturated rings. The predicted molar refractivity (Wildman–Crippen MR) is 106 cm³/mol. The maximum Gasteiger partial charge on any atom is 0.191 e. The van der Waals surface area contributed by atoms with Gasteiger partial charge in [-0.3, -0.25) is 4.99 Å². The van der Waals surface area contributed by atoms with Crippen LogP contribution in [0.25, 0.3) is 0 Å². The molecule has 9 heteroatoms. The number of hydrogen-bond donors (Lipinski definition) is 2. The number of aromatic nitrogens is 1. The SMILES string of the molecule is CCC(CC)c1cc(CNC(=NC)NC2CCS(=O)(=O)C2)on1.I. The molecule has 0 amide bonds. The van der Waals surface area contributed by atoms with Gasteiger partial charge in [-0.2, -0.15) is 0 Å². The highest BCUT2D eigenvalue weighted by Crippen LogP contribution is 2.22. The van der Waals surface area contributed by atoms with Crippen LogP contribution in [-0.4, -0.2) is 44.1 Å². The molecule has 1 unspecified atom stereocenters. The van der Waals surface area contributed by atoms with Crippen molar-refractivity contribution < 1.29 is 12.9 Å². The van der Waals surface area contributed by atoms with E-state index < -0.39 is 9.84 Å². The average Bonchev–Trinajstić information content (AvgIpc) is 3.11. The van der Waals surface area contributed by atoms with Crippen LogP contribution in [0.4, 0.5) is 0 Å². The molecule has 1 atom stereocenters. The monoisotopic (exact) mass is 470 g/mol. The first-order chi connectivity index (χ1) is 11.0. The van der Waals surface area contributed by atoms with Gasteiger partial charge in [0.2, 0.25) is 0 Å². The third-order valence-corrected chi connectivity index (χ3v) is 5.98. The normalized spacial score (nSPS) is 20.0. The van der Waals surface area contributed by atoms with Crippen LogP contribution in [-0.2, 0) is 16.4 Å². The molecule has 2 N–H and O–H groups in total. The summed E-state index contributed by atoms with van der Waals surface area (Å²) >= 11 is 0. The molecular formula is C15H27IN4O3S. The lowest BCUT2D eigenvalue weighted by Crippen LogP contribution is -2.43. The third-order valence-electron chi connectivity index (χ3n) is 4.21. The number of aliphatic imine (C=N–C) groups is 1. The average molecular weight is 470 g/mol. The lowest BCUT2D eigenvalue weighted by molar-refractivity contribution is 0.368. The Kier molecular flexibility index (Phi) is 8.48. The lowest BCUT2D eigenvalue weighted by Gasteiger charge is -2.15. The second-order valence-electron chi connectivity index (χ2n) is 5.90. The Balaban J connectivity index is 0.00000288. The van der Waals surface area contributed by atoms with Crippen LogP contribution < -0.4 is 10.6 Å². The molecule has 0 saturated carbocycles. The summed E-state index contributed by atoms with van der Waals surface area (Å²) in [4.78, 5) is 4.13. The van der Waals surface area contributed by atoms with E-state index in [9.17, 15) is 8.42 Å². The Morgan fingerprint density at radius 3 is 2.71 bits per heavy atom. The summed E-state index contributed by atoms with van der Waals surface area (Å²) in [5.74, 6) is 2.15. The van der Waals surface area contributed by atoms with E-state index in [4.69, 9.17) is 4.52 Å². The van der Waals surface area contributed by atoms with Gasteiger partial charge in [0.1, 0.15) is 0 Å². The zero-order chi connectivity index (χ0) is 16.9. The molecule has 0 bridgehead atoms. The highest BCUT2D eigenvalue weighted by Gasteiger charge is 2.28. The fourth-order valence-corrected chi connectivity index (χ4v) is 4.45. The summed E-state index contributed by atoms with van der Waals surface area (Å²) in [5.41, 5.74) is 0.983. The first-order valence-corrected chi connectivity index (χ1v) is 9.92. The molecule has 0 aromatic carbocycles. The molecule has 1 aromatic rings. The minimum Gasteiger partial charge on any atom is -0.359 e. The van der Waals surface area contributed by atoms with Crippen LogP contribution in [0.3, 0.4) is 0 Å². The van der Waals surface area contributed by atoms with Crippen molar-refractivity contribution in [1.29, 1.82) is 0 Å².